The summed E-state index contributed by atoms with van der Waals surface area (Å²) in [6, 6.07) is 1.39. The molecule has 1 saturated carbocycles. The molecule has 8 heteroatoms. The lowest BCUT2D eigenvalue weighted by molar-refractivity contribution is -0.128. The fraction of sp³-hybridized carbons (Fsp3) is 0.579. The molecule has 0 bridgehead atoms. The first-order valence-corrected chi connectivity index (χ1v) is 11.0. The highest BCUT2D eigenvalue weighted by Gasteiger charge is 2.40. The first kappa shape index (κ1) is 19.9. The van der Waals surface area contributed by atoms with Crippen molar-refractivity contribution in [3.63, 3.8) is 0 Å². The molecular formula is C19H26N4O2S2. The molecule has 0 aromatic carbocycles. The number of aryl methyl sites for hydroxylation is 1. The van der Waals surface area contributed by atoms with E-state index in [4.69, 9.17) is 0 Å². The Hall–Kier alpha value is -1.80. The van der Waals surface area contributed by atoms with Crippen molar-refractivity contribution in [1.29, 1.82) is 0 Å². The van der Waals surface area contributed by atoms with E-state index in [1.54, 1.807) is 10.3 Å². The first-order valence-electron chi connectivity index (χ1n) is 9.23. The van der Waals surface area contributed by atoms with Gasteiger partial charge in [-0.1, -0.05) is 17.3 Å². The molecule has 2 aromatic heterocycles. The quantitative estimate of drug-likeness (QED) is 0.816. The van der Waals surface area contributed by atoms with E-state index in [-0.39, 0.29) is 23.4 Å². The molecule has 0 spiro atoms. The van der Waals surface area contributed by atoms with Crippen molar-refractivity contribution < 1.29 is 9.59 Å². The van der Waals surface area contributed by atoms with Crippen molar-refractivity contribution in [2.45, 2.75) is 71.0 Å². The van der Waals surface area contributed by atoms with E-state index < -0.39 is 6.04 Å². The fourth-order valence-electron chi connectivity index (χ4n) is 3.54. The van der Waals surface area contributed by atoms with E-state index in [1.807, 2.05) is 39.1 Å². The number of hydrogen-bond donors (Lipinski definition) is 1. The van der Waals surface area contributed by atoms with Crippen LogP contribution in [0.4, 0.5) is 0 Å². The second-order valence-electron chi connectivity index (χ2n) is 8.05. The van der Waals surface area contributed by atoms with Gasteiger partial charge in [-0.3, -0.25) is 9.59 Å². The largest absolute Gasteiger partial charge is 0.349 e. The maximum atomic E-state index is 13.4. The zero-order valence-corrected chi connectivity index (χ0v) is 17.8. The minimum atomic E-state index is -0.651. The molecule has 6 nitrogen and oxygen atoms in total. The summed E-state index contributed by atoms with van der Waals surface area (Å²) in [7, 11) is 0. The third kappa shape index (κ3) is 4.55. The summed E-state index contributed by atoms with van der Waals surface area (Å²) in [6.45, 7) is 7.85. The summed E-state index contributed by atoms with van der Waals surface area (Å²) in [6.07, 6.45) is 3.96. The number of rotatable bonds is 5. The molecule has 0 unspecified atom stereocenters. The van der Waals surface area contributed by atoms with Gasteiger partial charge in [0.15, 0.2) is 5.69 Å². The van der Waals surface area contributed by atoms with Gasteiger partial charge in [0.2, 0.25) is 5.91 Å². The van der Waals surface area contributed by atoms with E-state index in [0.717, 1.165) is 47.7 Å². The van der Waals surface area contributed by atoms with Gasteiger partial charge in [-0.05, 0) is 69.1 Å². The van der Waals surface area contributed by atoms with Gasteiger partial charge in [0.1, 0.15) is 6.04 Å². The van der Waals surface area contributed by atoms with Crippen LogP contribution < -0.4 is 5.32 Å². The number of aromatic nitrogens is 2. The van der Waals surface area contributed by atoms with E-state index in [2.05, 4.69) is 14.9 Å². The topological polar surface area (TPSA) is 75.2 Å². The Morgan fingerprint density at radius 1 is 1.30 bits per heavy atom. The Morgan fingerprint density at radius 3 is 2.52 bits per heavy atom. The zero-order valence-electron chi connectivity index (χ0n) is 16.2. The van der Waals surface area contributed by atoms with Crippen molar-refractivity contribution in [2.24, 2.45) is 0 Å². The molecule has 1 N–H and O–H groups in total. The number of carbonyl (C=O) groups is 2. The average Bonchev–Trinajstić information content (AvgIpc) is 3.33. The second-order valence-corrected chi connectivity index (χ2v) is 9.61. The number of nitrogens with one attached hydrogen (secondary N) is 1. The Morgan fingerprint density at radius 2 is 2.00 bits per heavy atom. The van der Waals surface area contributed by atoms with Crippen LogP contribution in [-0.2, 0) is 4.79 Å². The maximum absolute atomic E-state index is 13.4. The predicted molar refractivity (Wildman–Crippen MR) is 108 cm³/mol. The summed E-state index contributed by atoms with van der Waals surface area (Å²) < 4.78 is 3.84. The van der Waals surface area contributed by atoms with Gasteiger partial charge in [0.05, 0.1) is 0 Å². The molecule has 1 atom stereocenters. The highest BCUT2D eigenvalue weighted by molar-refractivity contribution is 7.10. The van der Waals surface area contributed by atoms with Crippen LogP contribution in [0.2, 0.25) is 0 Å². The van der Waals surface area contributed by atoms with Crippen LogP contribution in [0.1, 0.15) is 73.4 Å². The molecule has 2 heterocycles. The molecule has 2 aromatic rings. The standard InChI is InChI=1S/C19H26N4O2S2/c1-12-9-10-26-16(12)15(17(24)20-19(2,3)4)23(13-7-5-6-8-13)18(25)14-11-27-22-21-14/h9-11,13,15H,5-8H2,1-4H3,(H,20,24)/t15-/m0/s1. The third-order valence-electron chi connectivity index (χ3n) is 4.71. The highest BCUT2D eigenvalue weighted by Crippen LogP contribution is 2.36. The van der Waals surface area contributed by atoms with E-state index in [0.29, 0.717) is 5.69 Å². The summed E-state index contributed by atoms with van der Waals surface area (Å²) in [5.41, 5.74) is 0.962. The highest BCUT2D eigenvalue weighted by atomic mass is 32.1. The van der Waals surface area contributed by atoms with E-state index >= 15 is 0 Å². The molecular weight excluding hydrogens is 380 g/mol. The molecule has 1 fully saturated rings. The van der Waals surface area contributed by atoms with Crippen molar-refractivity contribution >= 4 is 34.7 Å². The molecule has 0 radical (unpaired) electrons. The van der Waals surface area contributed by atoms with Gasteiger partial charge in [0, 0.05) is 21.8 Å². The Kier molecular flexibility index (Phi) is 5.95. The summed E-state index contributed by atoms with van der Waals surface area (Å²) in [5.74, 6) is -0.353. The SMILES string of the molecule is Cc1ccsc1[C@@H](C(=O)NC(C)(C)C)N(C(=O)c1csnn1)C1CCCC1. The Balaban J connectivity index is 2.05. The van der Waals surface area contributed by atoms with Crippen molar-refractivity contribution in [3.05, 3.63) is 33.0 Å². The van der Waals surface area contributed by atoms with Crippen molar-refractivity contribution in [3.8, 4) is 0 Å². The molecule has 27 heavy (non-hydrogen) atoms. The van der Waals surface area contributed by atoms with Crippen LogP contribution in [0.15, 0.2) is 16.8 Å². The maximum Gasteiger partial charge on any atom is 0.276 e. The van der Waals surface area contributed by atoms with E-state index in [9.17, 15) is 9.59 Å². The van der Waals surface area contributed by atoms with Gasteiger partial charge in [-0.15, -0.1) is 16.4 Å². The zero-order chi connectivity index (χ0) is 19.6. The minimum absolute atomic E-state index is 0.0384. The third-order valence-corrected chi connectivity index (χ3v) is 6.28. The van der Waals surface area contributed by atoms with Crippen LogP contribution in [0.3, 0.4) is 0 Å². The average molecular weight is 407 g/mol. The lowest BCUT2D eigenvalue weighted by Gasteiger charge is -2.36. The fourth-order valence-corrected chi connectivity index (χ4v) is 4.99. The minimum Gasteiger partial charge on any atom is -0.349 e. The lowest BCUT2D eigenvalue weighted by atomic mass is 10.0. The Labute approximate surface area is 168 Å². The van der Waals surface area contributed by atoms with E-state index in [1.165, 1.54) is 11.3 Å². The van der Waals surface area contributed by atoms with Gasteiger partial charge < -0.3 is 10.2 Å². The number of amides is 2. The normalized spacial score (nSPS) is 16.3. The molecule has 0 saturated heterocycles. The molecule has 0 aliphatic heterocycles. The number of nitrogens with zero attached hydrogens (tertiary/aromatic N) is 3. The molecule has 2 amide bonds. The lowest BCUT2D eigenvalue weighted by Crippen LogP contribution is -2.51. The summed E-state index contributed by atoms with van der Waals surface area (Å²) in [4.78, 5) is 29.4. The van der Waals surface area contributed by atoms with Crippen molar-refractivity contribution in [1.82, 2.24) is 19.8 Å². The number of hydrogen-bond acceptors (Lipinski definition) is 6. The van der Waals surface area contributed by atoms with Crippen LogP contribution in [0.5, 0.6) is 0 Å². The Bertz CT molecular complexity index is 789. The van der Waals surface area contributed by atoms with Gasteiger partial charge in [0.25, 0.3) is 5.91 Å². The number of thiophene rings is 1. The summed E-state index contributed by atoms with van der Waals surface area (Å²) in [5, 5.41) is 10.7. The molecule has 3 rings (SSSR count). The van der Waals surface area contributed by atoms with Crippen LogP contribution in [0.25, 0.3) is 0 Å². The van der Waals surface area contributed by atoms with Crippen LogP contribution in [0, 0.1) is 6.92 Å². The van der Waals surface area contributed by atoms with Gasteiger partial charge >= 0.3 is 0 Å². The monoisotopic (exact) mass is 406 g/mol. The van der Waals surface area contributed by atoms with Gasteiger partial charge in [-0.2, -0.15) is 0 Å². The summed E-state index contributed by atoms with van der Waals surface area (Å²) >= 11 is 2.68. The molecule has 1 aliphatic rings. The molecule has 1 aliphatic carbocycles. The van der Waals surface area contributed by atoms with Crippen LogP contribution >= 0.6 is 22.9 Å². The van der Waals surface area contributed by atoms with Crippen molar-refractivity contribution in [2.75, 3.05) is 0 Å². The smallest absolute Gasteiger partial charge is 0.276 e. The second kappa shape index (κ2) is 8.06. The van der Waals surface area contributed by atoms with Gasteiger partial charge in [-0.25, -0.2) is 0 Å². The number of carbonyl (C=O) groups excluding carboxylic acids is 2. The molecule has 146 valence electrons. The van der Waals surface area contributed by atoms with Crippen LogP contribution in [-0.4, -0.2) is 37.9 Å². The first-order chi connectivity index (χ1) is 12.8. The predicted octanol–water partition coefficient (Wildman–Crippen LogP) is 3.95.